The van der Waals surface area contributed by atoms with E-state index < -0.39 is 5.97 Å². The quantitative estimate of drug-likeness (QED) is 0.853. The van der Waals surface area contributed by atoms with Crippen LogP contribution in [-0.2, 0) is 16.0 Å². The summed E-state index contributed by atoms with van der Waals surface area (Å²) in [5.41, 5.74) is 0. The van der Waals surface area contributed by atoms with E-state index in [1.165, 1.54) is 11.3 Å². The fourth-order valence-electron chi connectivity index (χ4n) is 1.69. The molecule has 1 fully saturated rings. The maximum Gasteiger partial charge on any atom is 0.308 e. The normalized spacial score (nSPS) is 17.9. The van der Waals surface area contributed by atoms with E-state index in [4.69, 9.17) is 9.84 Å². The first-order valence-corrected chi connectivity index (χ1v) is 5.81. The molecule has 0 aliphatic carbocycles. The average molecular weight is 227 g/mol. The van der Waals surface area contributed by atoms with Crippen LogP contribution in [0.5, 0.6) is 0 Å². The van der Waals surface area contributed by atoms with Crippen LogP contribution in [0, 0.1) is 0 Å². The third-order valence-corrected chi connectivity index (χ3v) is 3.63. The van der Waals surface area contributed by atoms with Gasteiger partial charge >= 0.3 is 5.97 Å². The first kappa shape index (κ1) is 10.6. The molecule has 0 amide bonds. The molecule has 0 bridgehead atoms. The zero-order chi connectivity index (χ0) is 10.7. The molecule has 0 unspecified atom stereocenters. The third kappa shape index (κ3) is 2.76. The SMILES string of the molecule is O=C(O)Cc1cnc(C2CCOCC2)s1. The monoisotopic (exact) mass is 227 g/mol. The zero-order valence-corrected chi connectivity index (χ0v) is 9.13. The second-order valence-electron chi connectivity index (χ2n) is 3.62. The minimum absolute atomic E-state index is 0.0842. The lowest BCUT2D eigenvalue weighted by Gasteiger charge is -2.19. The smallest absolute Gasteiger partial charge is 0.308 e. The van der Waals surface area contributed by atoms with Gasteiger partial charge in [0.2, 0.25) is 0 Å². The summed E-state index contributed by atoms with van der Waals surface area (Å²) in [6.45, 7) is 1.58. The number of aromatic nitrogens is 1. The second-order valence-corrected chi connectivity index (χ2v) is 4.77. The van der Waals surface area contributed by atoms with Gasteiger partial charge in [-0.2, -0.15) is 0 Å². The number of hydrogen-bond donors (Lipinski definition) is 1. The molecule has 1 N–H and O–H groups in total. The van der Waals surface area contributed by atoms with Crippen molar-refractivity contribution in [1.82, 2.24) is 4.98 Å². The highest BCUT2D eigenvalue weighted by molar-refractivity contribution is 7.11. The summed E-state index contributed by atoms with van der Waals surface area (Å²) in [6.07, 6.45) is 3.77. The fraction of sp³-hybridized carbons (Fsp3) is 0.600. The van der Waals surface area contributed by atoms with E-state index in [9.17, 15) is 4.79 Å². The molecule has 0 saturated carbocycles. The van der Waals surface area contributed by atoms with Gasteiger partial charge in [-0.1, -0.05) is 0 Å². The lowest BCUT2D eigenvalue weighted by atomic mass is 10.0. The molecule has 1 aromatic rings. The van der Waals surface area contributed by atoms with E-state index in [-0.39, 0.29) is 6.42 Å². The van der Waals surface area contributed by atoms with Crippen LogP contribution in [0.4, 0.5) is 0 Å². The molecule has 0 radical (unpaired) electrons. The van der Waals surface area contributed by atoms with Crippen molar-refractivity contribution in [3.8, 4) is 0 Å². The Morgan fingerprint density at radius 2 is 2.33 bits per heavy atom. The van der Waals surface area contributed by atoms with Crippen LogP contribution in [0.25, 0.3) is 0 Å². The molecule has 15 heavy (non-hydrogen) atoms. The molecule has 5 heteroatoms. The molecule has 0 aromatic carbocycles. The van der Waals surface area contributed by atoms with E-state index >= 15 is 0 Å². The van der Waals surface area contributed by atoms with Gasteiger partial charge < -0.3 is 9.84 Å². The van der Waals surface area contributed by atoms with Crippen LogP contribution in [0.1, 0.15) is 28.6 Å². The number of hydrogen-bond acceptors (Lipinski definition) is 4. The largest absolute Gasteiger partial charge is 0.481 e. The standard InChI is InChI=1S/C10H13NO3S/c12-9(13)5-8-6-11-10(15-8)7-1-3-14-4-2-7/h6-7H,1-5H2,(H,12,13). The molecule has 1 aromatic heterocycles. The van der Waals surface area contributed by atoms with Crippen LogP contribution in [0.15, 0.2) is 6.20 Å². The highest BCUT2D eigenvalue weighted by Gasteiger charge is 2.19. The van der Waals surface area contributed by atoms with Gasteiger partial charge in [0.05, 0.1) is 11.4 Å². The fourth-order valence-corrected chi connectivity index (χ4v) is 2.76. The molecule has 2 heterocycles. The topological polar surface area (TPSA) is 59.4 Å². The lowest BCUT2D eigenvalue weighted by Crippen LogP contribution is -2.13. The zero-order valence-electron chi connectivity index (χ0n) is 8.31. The minimum atomic E-state index is -0.794. The minimum Gasteiger partial charge on any atom is -0.481 e. The average Bonchev–Trinajstić information content (AvgIpc) is 2.67. The highest BCUT2D eigenvalue weighted by atomic mass is 32.1. The predicted octanol–water partition coefficient (Wildman–Crippen LogP) is 1.66. The van der Waals surface area contributed by atoms with Crippen LogP contribution in [-0.4, -0.2) is 29.3 Å². The predicted molar refractivity (Wildman–Crippen MR) is 56.2 cm³/mol. The molecule has 1 aliphatic rings. The Labute approximate surface area is 91.9 Å². The van der Waals surface area contributed by atoms with E-state index in [0.717, 1.165) is 35.9 Å². The van der Waals surface area contributed by atoms with Gasteiger partial charge in [-0.15, -0.1) is 11.3 Å². The van der Waals surface area contributed by atoms with Crippen molar-refractivity contribution in [2.45, 2.75) is 25.2 Å². The summed E-state index contributed by atoms with van der Waals surface area (Å²) >= 11 is 1.52. The molecule has 1 saturated heterocycles. The first-order valence-electron chi connectivity index (χ1n) is 5.00. The molecule has 2 rings (SSSR count). The molecule has 0 atom stereocenters. The van der Waals surface area contributed by atoms with Gasteiger partial charge in [0.25, 0.3) is 0 Å². The van der Waals surface area contributed by atoms with Gasteiger partial charge in [0.1, 0.15) is 0 Å². The van der Waals surface area contributed by atoms with Crippen molar-refractivity contribution in [3.63, 3.8) is 0 Å². The Morgan fingerprint density at radius 3 is 3.00 bits per heavy atom. The number of rotatable bonds is 3. The van der Waals surface area contributed by atoms with Gasteiger partial charge in [0, 0.05) is 30.2 Å². The summed E-state index contributed by atoms with van der Waals surface area (Å²) in [6, 6.07) is 0. The summed E-state index contributed by atoms with van der Waals surface area (Å²) in [4.78, 5) is 15.6. The highest BCUT2D eigenvalue weighted by Crippen LogP contribution is 2.30. The van der Waals surface area contributed by atoms with Crippen LogP contribution < -0.4 is 0 Å². The van der Waals surface area contributed by atoms with Gasteiger partial charge in [-0.05, 0) is 12.8 Å². The maximum absolute atomic E-state index is 10.5. The molecule has 0 spiro atoms. The Kier molecular flexibility index (Phi) is 3.33. The number of carboxylic acids is 1. The van der Waals surface area contributed by atoms with Crippen molar-refractivity contribution in [2.24, 2.45) is 0 Å². The summed E-state index contributed by atoms with van der Waals surface area (Å²) in [5.74, 6) is -0.330. The van der Waals surface area contributed by atoms with Crippen LogP contribution in [0.3, 0.4) is 0 Å². The number of thiazole rings is 1. The van der Waals surface area contributed by atoms with E-state index in [2.05, 4.69) is 4.98 Å². The molecular formula is C10H13NO3S. The molecule has 4 nitrogen and oxygen atoms in total. The Hall–Kier alpha value is -0.940. The first-order chi connectivity index (χ1) is 7.25. The van der Waals surface area contributed by atoms with E-state index in [1.807, 2.05) is 0 Å². The third-order valence-electron chi connectivity index (χ3n) is 2.47. The van der Waals surface area contributed by atoms with Gasteiger partial charge in [-0.25, -0.2) is 4.98 Å². The van der Waals surface area contributed by atoms with Gasteiger partial charge in [-0.3, -0.25) is 4.79 Å². The van der Waals surface area contributed by atoms with Crippen LogP contribution in [0.2, 0.25) is 0 Å². The number of ether oxygens (including phenoxy) is 1. The van der Waals surface area contributed by atoms with E-state index in [1.54, 1.807) is 6.20 Å². The van der Waals surface area contributed by atoms with Crippen molar-refractivity contribution in [2.75, 3.05) is 13.2 Å². The summed E-state index contributed by atoms with van der Waals surface area (Å²) in [5, 5.41) is 9.71. The van der Waals surface area contributed by atoms with Gasteiger partial charge in [0.15, 0.2) is 0 Å². The Morgan fingerprint density at radius 1 is 1.60 bits per heavy atom. The number of carbonyl (C=O) groups is 1. The van der Waals surface area contributed by atoms with Crippen LogP contribution >= 0.6 is 11.3 Å². The number of carboxylic acid groups (broad SMARTS) is 1. The Balaban J connectivity index is 2.02. The van der Waals surface area contributed by atoms with Crippen molar-refractivity contribution in [1.29, 1.82) is 0 Å². The summed E-state index contributed by atoms with van der Waals surface area (Å²) in [7, 11) is 0. The molecule has 1 aliphatic heterocycles. The summed E-state index contributed by atoms with van der Waals surface area (Å²) < 4.78 is 5.28. The Bertz CT molecular complexity index is 344. The molecular weight excluding hydrogens is 214 g/mol. The van der Waals surface area contributed by atoms with E-state index in [0.29, 0.717) is 5.92 Å². The van der Waals surface area contributed by atoms with Crippen molar-refractivity contribution >= 4 is 17.3 Å². The maximum atomic E-state index is 10.5. The molecule has 82 valence electrons. The lowest BCUT2D eigenvalue weighted by molar-refractivity contribution is -0.136. The number of nitrogens with zero attached hydrogens (tertiary/aromatic N) is 1. The second kappa shape index (κ2) is 4.72. The van der Waals surface area contributed by atoms with Crippen molar-refractivity contribution < 1.29 is 14.6 Å². The van der Waals surface area contributed by atoms with Crippen molar-refractivity contribution in [3.05, 3.63) is 16.1 Å². The number of aliphatic carboxylic acids is 1.